The quantitative estimate of drug-likeness (QED) is 0.0211. The Bertz CT molecular complexity index is 5170. The standard InChI is InChI=1S/C50H62N6O12.C49H60N6O12/c1-7-33-19-37-27-51-42-25-46(44(61-4)23-40(42)49(58)55(37)29-33)67-31-35-21-39(66-14-12-54(10-9-48(57)63-6)11-13-64-17-18-65-16-15-60-3)22-36(53-35)32-68-47-26-43-41(24-45(47)62-5)50(59)56-30-34(8-2)20-38(56)28-52-43;1-6-32-18-36-26-50-41-24-45(43(61-4)22-39(41)48(58)54(36)28-32)66-30-34-20-38(65-13-11-53(9-8-47(56)57)10-12-63-16-17-64-15-14-60-3)21-35(52-34)31-67-46-25-42-40(23-44(46)62-5)49(59)55-29-33(7-2)19-37(55)27-51-42/h7-8,21-28,37-38H,9-20,29-32H2,1-6H3;6-7,20-27,36-37H,8-19,28-31H2,1-5H3,(H,56,57)/b33-7+,34-8+;32-6+,33-7+/t37-,38-;36-,37-/m00/s1. The molecule has 8 aliphatic heterocycles. The topological polar surface area (TPSA) is 374 Å². The number of carboxylic acid groups (broad SMARTS) is 1. The van der Waals surface area contributed by atoms with Crippen molar-refractivity contribution >= 4 is 83.2 Å². The fourth-order valence-electron chi connectivity index (χ4n) is 16.5. The second-order valence-corrected chi connectivity index (χ2v) is 32.8. The second-order valence-electron chi connectivity index (χ2n) is 32.8. The first-order chi connectivity index (χ1) is 65.7. The Morgan fingerprint density at radius 3 is 0.889 bits per heavy atom. The Morgan fingerprint density at radius 1 is 0.348 bits per heavy atom. The van der Waals surface area contributed by atoms with Gasteiger partial charge >= 0.3 is 11.9 Å². The van der Waals surface area contributed by atoms with E-state index in [-0.39, 0.29) is 106 Å². The molecule has 4 saturated heterocycles. The predicted molar refractivity (Wildman–Crippen MR) is 503 cm³/mol. The van der Waals surface area contributed by atoms with E-state index in [0.29, 0.717) is 257 Å². The number of esters is 1. The number of fused-ring (bicyclic) bond motifs is 8. The molecular formula is C99H122N12O24. The SMILES string of the molecule is C/C=C1\C[C@H]2C=Nc3cc(OCc4cc(OCCN(CCOCCOCCOC)CCC(=O)O)cc(COc5cc6c(cc5OC)C(=O)N5C/C(=C/C)C[C@H]5C=N6)n4)c(OC)cc3C(=O)N2C1.C/C=C1\C[C@H]2C=Nc3cc(OCc4cc(OCCN(CCOCCOCCOC)CCC(=O)OC)cc(COc5cc6c(cc5OC)C(=O)N5C/C(=C/C)C[C@H]5C=N6)n4)c(OC)cc3C(=O)N2C1. The molecule has 8 aliphatic rings. The number of aliphatic carboxylic acids is 1. The number of ether oxygens (including phenoxy) is 17. The number of carbonyl (C=O) groups is 6. The summed E-state index contributed by atoms with van der Waals surface area (Å²) in [5.41, 5.74) is 10.5. The summed E-state index contributed by atoms with van der Waals surface area (Å²) in [6.07, 6.45) is 18.6. The van der Waals surface area contributed by atoms with Crippen LogP contribution in [-0.4, -0.2) is 324 Å². The zero-order chi connectivity index (χ0) is 95.3. The number of allylic oxidation sites excluding steroid dienone is 4. The molecule has 4 fully saturated rings. The molecule has 1 N–H and O–H groups in total. The van der Waals surface area contributed by atoms with Crippen LogP contribution in [0.25, 0.3) is 0 Å². The van der Waals surface area contributed by atoms with Crippen LogP contribution in [-0.2, 0) is 69.2 Å². The van der Waals surface area contributed by atoms with Crippen LogP contribution in [0.15, 0.2) is 139 Å². The van der Waals surface area contributed by atoms with Crippen molar-refractivity contribution in [1.82, 2.24) is 39.4 Å². The van der Waals surface area contributed by atoms with Crippen LogP contribution in [0.3, 0.4) is 0 Å². The lowest BCUT2D eigenvalue weighted by Gasteiger charge is -2.22. The molecule has 2 aromatic heterocycles. The highest BCUT2D eigenvalue weighted by atomic mass is 16.6. The van der Waals surface area contributed by atoms with Crippen molar-refractivity contribution in [3.8, 4) is 57.5 Å². The highest BCUT2D eigenvalue weighted by Gasteiger charge is 2.40. The van der Waals surface area contributed by atoms with Gasteiger partial charge in [0.25, 0.3) is 23.6 Å². The lowest BCUT2D eigenvalue weighted by Crippen LogP contribution is -2.35. The van der Waals surface area contributed by atoms with Crippen LogP contribution in [0, 0.1) is 0 Å². The van der Waals surface area contributed by atoms with Crippen molar-refractivity contribution in [3.63, 3.8) is 0 Å². The average Bonchev–Trinajstić information content (AvgIpc) is 1.69. The molecular weight excluding hydrogens is 1740 g/mol. The highest BCUT2D eigenvalue weighted by Crippen LogP contribution is 2.45. The number of benzene rings is 4. The minimum Gasteiger partial charge on any atom is -0.493 e. The van der Waals surface area contributed by atoms with Gasteiger partial charge in [0.1, 0.15) is 51.1 Å². The number of amides is 4. The lowest BCUT2D eigenvalue weighted by molar-refractivity contribution is -0.141. The van der Waals surface area contributed by atoms with E-state index in [1.165, 1.54) is 57.8 Å². The van der Waals surface area contributed by atoms with Crippen molar-refractivity contribution < 1.29 is 114 Å². The van der Waals surface area contributed by atoms with Crippen molar-refractivity contribution in [2.45, 2.75) is 117 Å². The summed E-state index contributed by atoms with van der Waals surface area (Å²) >= 11 is 0. The molecule has 36 heteroatoms. The molecule has 0 saturated carbocycles. The molecule has 0 unspecified atom stereocenters. The Labute approximate surface area is 786 Å². The molecule has 36 nitrogen and oxygen atoms in total. The number of hydrogen-bond donors (Lipinski definition) is 1. The second kappa shape index (κ2) is 49.5. The minimum absolute atomic E-state index is 0.000217. The number of rotatable bonds is 48. The van der Waals surface area contributed by atoms with E-state index in [9.17, 15) is 33.9 Å². The number of nitrogens with zero attached hydrogens (tertiary/aromatic N) is 12. The zero-order valence-corrected chi connectivity index (χ0v) is 78.7. The number of aliphatic imine (C=N–C) groups is 4. The Hall–Kier alpha value is -12.7. The van der Waals surface area contributed by atoms with Crippen molar-refractivity contribution in [2.24, 2.45) is 20.0 Å². The van der Waals surface area contributed by atoms with Crippen LogP contribution >= 0.6 is 0 Å². The maximum atomic E-state index is 13.7. The molecule has 0 aliphatic carbocycles. The zero-order valence-electron chi connectivity index (χ0n) is 78.7. The van der Waals surface area contributed by atoms with Crippen LogP contribution in [0.5, 0.6) is 57.5 Å². The normalized spacial score (nSPS) is 18.4. The van der Waals surface area contributed by atoms with Gasteiger partial charge in [0.05, 0.1) is 206 Å². The molecule has 4 aromatic carbocycles. The maximum absolute atomic E-state index is 13.7. The van der Waals surface area contributed by atoms with E-state index in [2.05, 4.69) is 17.1 Å². The summed E-state index contributed by atoms with van der Waals surface area (Å²) in [7, 11) is 10.7. The molecule has 0 radical (unpaired) electrons. The number of hydrogen-bond acceptors (Lipinski definition) is 31. The fourth-order valence-corrected chi connectivity index (χ4v) is 16.5. The first kappa shape index (κ1) is 99.8. The van der Waals surface area contributed by atoms with E-state index in [1.54, 1.807) is 87.0 Å². The third-order valence-electron chi connectivity index (χ3n) is 24.1. The fraction of sp³-hybridized carbons (Fsp3) is 0.475. The van der Waals surface area contributed by atoms with Crippen molar-refractivity contribution in [3.05, 3.63) is 164 Å². The van der Waals surface area contributed by atoms with Gasteiger partial charge in [-0.1, -0.05) is 46.6 Å². The Balaban J connectivity index is 0.000000229. The van der Waals surface area contributed by atoms with E-state index < -0.39 is 5.97 Å². The monoisotopic (exact) mass is 1860 g/mol. The largest absolute Gasteiger partial charge is 0.493 e. The Kier molecular flexibility index (Phi) is 36.6. The van der Waals surface area contributed by atoms with Crippen LogP contribution in [0.1, 0.15) is 130 Å². The van der Waals surface area contributed by atoms with E-state index in [4.69, 9.17) is 110 Å². The maximum Gasteiger partial charge on any atom is 0.306 e. The molecule has 722 valence electrons. The van der Waals surface area contributed by atoms with Crippen LogP contribution in [0.2, 0.25) is 0 Å². The number of carboxylic acids is 1. The van der Waals surface area contributed by atoms with Gasteiger partial charge in [0, 0.05) is 153 Å². The molecule has 6 aromatic rings. The van der Waals surface area contributed by atoms with Gasteiger partial charge in [-0.05, 0) is 77.6 Å². The third-order valence-corrected chi connectivity index (χ3v) is 24.1. The summed E-state index contributed by atoms with van der Waals surface area (Å²) in [4.78, 5) is 118. The summed E-state index contributed by atoms with van der Waals surface area (Å²) in [6, 6.07) is 20.1. The van der Waals surface area contributed by atoms with Gasteiger partial charge in [0.15, 0.2) is 46.0 Å². The van der Waals surface area contributed by atoms with E-state index >= 15 is 0 Å². The van der Waals surface area contributed by atoms with Crippen molar-refractivity contribution in [2.75, 3.05) is 194 Å². The molecule has 10 heterocycles. The number of pyridine rings is 2. The van der Waals surface area contributed by atoms with Crippen molar-refractivity contribution in [1.29, 1.82) is 0 Å². The van der Waals surface area contributed by atoms with Gasteiger partial charge < -0.3 is 105 Å². The number of methoxy groups -OCH3 is 7. The predicted octanol–water partition coefficient (Wildman–Crippen LogP) is 11.8. The van der Waals surface area contributed by atoms with Gasteiger partial charge in [0.2, 0.25) is 0 Å². The summed E-state index contributed by atoms with van der Waals surface area (Å²) in [5, 5.41) is 9.42. The molecule has 135 heavy (non-hydrogen) atoms. The molecule has 4 amide bonds. The summed E-state index contributed by atoms with van der Waals surface area (Å²) in [6.45, 7) is 17.8. The molecule has 0 spiro atoms. The molecule has 14 rings (SSSR count). The summed E-state index contributed by atoms with van der Waals surface area (Å²) in [5.74, 6) is 2.28. The van der Waals surface area contributed by atoms with E-state index in [0.717, 1.165) is 25.7 Å². The first-order valence-electron chi connectivity index (χ1n) is 45.4. The van der Waals surface area contributed by atoms with Crippen LogP contribution in [0.4, 0.5) is 22.7 Å². The smallest absolute Gasteiger partial charge is 0.306 e. The third kappa shape index (κ3) is 26.5. The number of aromatic nitrogens is 2. The lowest BCUT2D eigenvalue weighted by atomic mass is 10.1. The Morgan fingerprint density at radius 2 is 0.622 bits per heavy atom. The number of carbonyl (C=O) groups excluding carboxylic acids is 5. The molecule has 0 bridgehead atoms. The first-order valence-corrected chi connectivity index (χ1v) is 45.4. The van der Waals surface area contributed by atoms with Gasteiger partial charge in [-0.2, -0.15) is 0 Å². The van der Waals surface area contributed by atoms with Gasteiger partial charge in [-0.3, -0.25) is 68.5 Å². The van der Waals surface area contributed by atoms with Gasteiger partial charge in [-0.15, -0.1) is 0 Å². The van der Waals surface area contributed by atoms with Crippen LogP contribution < -0.4 is 47.4 Å². The van der Waals surface area contributed by atoms with Gasteiger partial charge in [-0.25, -0.2) is 0 Å². The highest BCUT2D eigenvalue weighted by molar-refractivity contribution is 6.07. The minimum atomic E-state index is -0.900. The average molecular weight is 1860 g/mol. The summed E-state index contributed by atoms with van der Waals surface area (Å²) < 4.78 is 98.4. The van der Waals surface area contributed by atoms with E-state index in [1.807, 2.05) is 89.2 Å². The molecule has 4 atom stereocenters.